The fourth-order valence-corrected chi connectivity index (χ4v) is 11.1. The van der Waals surface area contributed by atoms with Crippen molar-refractivity contribution in [2.75, 3.05) is 0 Å². The summed E-state index contributed by atoms with van der Waals surface area (Å²) in [5.74, 6) is 1.56. The van der Waals surface area contributed by atoms with E-state index in [9.17, 15) is 0 Å². The maximum absolute atomic E-state index is 5.21. The number of para-hydroxylation sites is 2. The molecule has 6 heteroatoms. The van der Waals surface area contributed by atoms with Gasteiger partial charge in [0.05, 0.1) is 21.4 Å². The Bertz CT molecular complexity index is 3390. The molecule has 12 rings (SSSR count). The summed E-state index contributed by atoms with van der Waals surface area (Å²) >= 11 is 3.73. The summed E-state index contributed by atoms with van der Waals surface area (Å²) in [7, 11) is 0. The van der Waals surface area contributed by atoms with Crippen LogP contribution in [0.4, 0.5) is 0 Å². The van der Waals surface area contributed by atoms with Crippen molar-refractivity contribution in [3.8, 4) is 16.8 Å². The summed E-state index contributed by atoms with van der Waals surface area (Å²) in [6, 6.07) is 65.4. The van der Waals surface area contributed by atoms with Gasteiger partial charge in [-0.2, -0.15) is 0 Å². The molecule has 4 heterocycles. The Kier molecular flexibility index (Phi) is 7.30. The Morgan fingerprint density at radius 2 is 1.05 bits per heavy atom. The van der Waals surface area contributed by atoms with Crippen LogP contribution < -0.4 is 5.32 Å². The van der Waals surface area contributed by atoms with Crippen molar-refractivity contribution in [1.82, 2.24) is 9.88 Å². The molecule has 0 amide bonds. The van der Waals surface area contributed by atoms with Gasteiger partial charge in [0, 0.05) is 63.1 Å². The van der Waals surface area contributed by atoms with Crippen molar-refractivity contribution in [2.45, 2.75) is 6.17 Å². The minimum Gasteiger partial charge on any atom is -0.344 e. The molecule has 1 unspecified atom stereocenters. The van der Waals surface area contributed by atoms with Gasteiger partial charge >= 0.3 is 0 Å². The molecule has 268 valence electrons. The Labute approximate surface area is 336 Å². The average molecular weight is 765 g/mol. The highest BCUT2D eigenvalue weighted by atomic mass is 32.1. The van der Waals surface area contributed by atoms with Crippen LogP contribution in [0.25, 0.3) is 79.0 Å². The van der Waals surface area contributed by atoms with Crippen molar-refractivity contribution in [2.24, 2.45) is 9.98 Å². The molecular formula is C51H32N4S2. The maximum Gasteiger partial charge on any atom is 0.159 e. The molecule has 0 radical (unpaired) electrons. The number of thiophene rings is 2. The highest BCUT2D eigenvalue weighted by Gasteiger charge is 2.24. The Hall–Kier alpha value is -6.86. The number of nitrogens with one attached hydrogen (secondary N) is 1. The second-order valence-corrected chi connectivity index (χ2v) is 16.7. The quantitative estimate of drug-likeness (QED) is 0.186. The molecule has 1 aliphatic rings. The molecule has 11 aromatic rings. The van der Waals surface area contributed by atoms with Gasteiger partial charge in [0.2, 0.25) is 0 Å². The second kappa shape index (κ2) is 12.8. The molecular weight excluding hydrogens is 733 g/mol. The Morgan fingerprint density at radius 3 is 1.82 bits per heavy atom. The number of aliphatic imine (C=N–C) groups is 2. The summed E-state index contributed by atoms with van der Waals surface area (Å²) in [6.45, 7) is 0. The van der Waals surface area contributed by atoms with Gasteiger partial charge in [-0.1, -0.05) is 146 Å². The third-order valence-electron chi connectivity index (χ3n) is 11.3. The number of benzene rings is 8. The van der Waals surface area contributed by atoms with Crippen molar-refractivity contribution >= 4 is 96.5 Å². The van der Waals surface area contributed by atoms with Gasteiger partial charge in [-0.15, -0.1) is 22.7 Å². The smallest absolute Gasteiger partial charge is 0.159 e. The van der Waals surface area contributed by atoms with E-state index < -0.39 is 0 Å². The first kappa shape index (κ1) is 32.4. The van der Waals surface area contributed by atoms with Crippen LogP contribution in [0.15, 0.2) is 192 Å². The van der Waals surface area contributed by atoms with E-state index in [1.54, 1.807) is 0 Å². The SMILES string of the molecule is c1ccc(C2=NC(c3cccc4c3sc3cc(-c5ccc6sc7c(-n8c9ccccc9c9ccccc98)cccc7c6c5)ccc34)NC(c3ccccc3)=N2)cc1. The van der Waals surface area contributed by atoms with Gasteiger partial charge in [0.1, 0.15) is 12.0 Å². The highest BCUT2D eigenvalue weighted by Crippen LogP contribution is 2.44. The number of nitrogens with zero attached hydrogens (tertiary/aromatic N) is 3. The lowest BCUT2D eigenvalue weighted by Gasteiger charge is -2.24. The molecule has 1 atom stereocenters. The van der Waals surface area contributed by atoms with Crippen molar-refractivity contribution in [1.29, 1.82) is 0 Å². The van der Waals surface area contributed by atoms with Crippen molar-refractivity contribution < 1.29 is 0 Å². The van der Waals surface area contributed by atoms with Crippen LogP contribution in [0.2, 0.25) is 0 Å². The lowest BCUT2D eigenvalue weighted by atomic mass is 10.0. The van der Waals surface area contributed by atoms with Crippen molar-refractivity contribution in [3.05, 3.63) is 199 Å². The molecule has 57 heavy (non-hydrogen) atoms. The average Bonchev–Trinajstić information content (AvgIpc) is 3.96. The van der Waals surface area contributed by atoms with Crippen LogP contribution in [-0.4, -0.2) is 16.2 Å². The third-order valence-corrected chi connectivity index (χ3v) is 13.7. The molecule has 0 aliphatic carbocycles. The van der Waals surface area contributed by atoms with Crippen LogP contribution in [0.5, 0.6) is 0 Å². The molecule has 4 nitrogen and oxygen atoms in total. The van der Waals surface area contributed by atoms with Crippen LogP contribution in [0.1, 0.15) is 22.9 Å². The molecule has 1 N–H and O–H groups in total. The summed E-state index contributed by atoms with van der Waals surface area (Å²) in [6.07, 6.45) is -0.286. The molecule has 0 bridgehead atoms. The molecule has 0 fully saturated rings. The zero-order chi connectivity index (χ0) is 37.5. The first-order valence-corrected chi connectivity index (χ1v) is 20.8. The Balaban J connectivity index is 0.958. The molecule has 3 aromatic heterocycles. The Morgan fingerprint density at radius 1 is 0.439 bits per heavy atom. The van der Waals surface area contributed by atoms with E-state index in [0.29, 0.717) is 0 Å². The first-order chi connectivity index (χ1) is 28.2. The van der Waals surface area contributed by atoms with Crippen molar-refractivity contribution in [3.63, 3.8) is 0 Å². The standard InChI is InChI=1S/C51H32N4S2/c1-3-13-31(14-4-1)49-52-50(32-15-5-2-6-16-32)54-51(53-49)40-21-11-19-38-37-27-25-34(30-46(37)57-47(38)40)33-26-28-45-41(29-33)39-20-12-24-44(48(39)56-45)55-42-22-9-7-17-35(42)36-18-8-10-23-43(36)55/h1-30,51H,(H,52,53,54). The largest absolute Gasteiger partial charge is 0.344 e. The highest BCUT2D eigenvalue weighted by molar-refractivity contribution is 7.26. The topological polar surface area (TPSA) is 41.7 Å². The van der Waals surface area contributed by atoms with Gasteiger partial charge in [-0.25, -0.2) is 9.98 Å². The van der Waals surface area contributed by atoms with E-state index in [1.165, 1.54) is 79.0 Å². The van der Waals surface area contributed by atoms with Gasteiger partial charge in [0.15, 0.2) is 5.84 Å². The number of hydrogen-bond donors (Lipinski definition) is 1. The molecule has 8 aromatic carbocycles. The van der Waals surface area contributed by atoms with Crippen LogP contribution in [0.3, 0.4) is 0 Å². The number of aromatic nitrogens is 1. The number of rotatable bonds is 5. The summed E-state index contributed by atoms with van der Waals surface area (Å²) in [5, 5.41) is 11.3. The predicted octanol–water partition coefficient (Wildman–Crippen LogP) is 13.7. The predicted molar refractivity (Wildman–Crippen MR) is 244 cm³/mol. The second-order valence-electron chi connectivity index (χ2n) is 14.6. The van der Waals surface area contributed by atoms with E-state index in [0.717, 1.165) is 28.4 Å². The fraction of sp³-hybridized carbons (Fsp3) is 0.0196. The van der Waals surface area contributed by atoms with Crippen LogP contribution in [0, 0.1) is 0 Å². The van der Waals surface area contributed by atoms with Gasteiger partial charge in [-0.05, 0) is 47.5 Å². The summed E-state index contributed by atoms with van der Waals surface area (Å²) < 4.78 is 7.55. The van der Waals surface area contributed by atoms with E-state index >= 15 is 0 Å². The lowest BCUT2D eigenvalue weighted by Crippen LogP contribution is -2.33. The van der Waals surface area contributed by atoms with E-state index in [-0.39, 0.29) is 6.17 Å². The first-order valence-electron chi connectivity index (χ1n) is 19.2. The zero-order valence-corrected chi connectivity index (χ0v) is 32.2. The third kappa shape index (κ3) is 5.18. The molecule has 0 saturated carbocycles. The van der Waals surface area contributed by atoms with E-state index in [1.807, 2.05) is 46.9 Å². The molecule has 1 aliphatic heterocycles. The minimum atomic E-state index is -0.286. The normalized spacial score (nSPS) is 14.5. The molecule has 0 saturated heterocycles. The minimum absolute atomic E-state index is 0.286. The maximum atomic E-state index is 5.21. The van der Waals surface area contributed by atoms with Crippen LogP contribution in [-0.2, 0) is 0 Å². The number of amidine groups is 2. The van der Waals surface area contributed by atoms with Gasteiger partial charge in [0.25, 0.3) is 0 Å². The van der Waals surface area contributed by atoms with E-state index in [4.69, 9.17) is 9.98 Å². The number of hydrogen-bond acceptors (Lipinski definition) is 5. The monoisotopic (exact) mass is 764 g/mol. The molecule has 0 spiro atoms. The van der Waals surface area contributed by atoms with Crippen LogP contribution >= 0.6 is 22.7 Å². The lowest BCUT2D eigenvalue weighted by molar-refractivity contribution is 0.680. The van der Waals surface area contributed by atoms with Gasteiger partial charge < -0.3 is 9.88 Å². The number of fused-ring (bicyclic) bond motifs is 9. The zero-order valence-electron chi connectivity index (χ0n) is 30.6. The summed E-state index contributed by atoms with van der Waals surface area (Å²) in [4.78, 5) is 10.2. The fourth-order valence-electron chi connectivity index (χ4n) is 8.60. The summed E-state index contributed by atoms with van der Waals surface area (Å²) in [5.41, 5.74) is 9.32. The van der Waals surface area contributed by atoms with Gasteiger partial charge in [-0.3, -0.25) is 0 Å². The van der Waals surface area contributed by atoms with E-state index in [2.05, 4.69) is 168 Å².